The predicted molar refractivity (Wildman–Crippen MR) is 73.0 cm³/mol. The van der Waals surface area contributed by atoms with Gasteiger partial charge in [-0.2, -0.15) is 5.26 Å². The number of rotatable bonds is 3. The molecule has 0 saturated carbocycles. The van der Waals surface area contributed by atoms with Crippen LogP contribution in [-0.2, 0) is 0 Å². The van der Waals surface area contributed by atoms with Crippen molar-refractivity contribution in [2.75, 3.05) is 20.2 Å². The minimum absolute atomic E-state index is 0.107. The summed E-state index contributed by atoms with van der Waals surface area (Å²) >= 11 is 0. The van der Waals surface area contributed by atoms with Crippen molar-refractivity contribution >= 4 is 0 Å². The monoisotopic (exact) mass is 260 g/mol. The quantitative estimate of drug-likeness (QED) is 0.907. The zero-order valence-corrected chi connectivity index (χ0v) is 11.5. The van der Waals surface area contributed by atoms with E-state index < -0.39 is 0 Å². The molecule has 1 heterocycles. The van der Waals surface area contributed by atoms with Crippen molar-refractivity contribution < 1.29 is 9.84 Å². The molecule has 4 heteroatoms. The number of piperidine rings is 1. The van der Waals surface area contributed by atoms with Gasteiger partial charge in [0, 0.05) is 0 Å². The third-order valence-electron chi connectivity index (χ3n) is 3.83. The van der Waals surface area contributed by atoms with Gasteiger partial charge in [0.15, 0.2) is 11.5 Å². The van der Waals surface area contributed by atoms with E-state index >= 15 is 0 Å². The van der Waals surface area contributed by atoms with Gasteiger partial charge in [-0.05, 0) is 49.5 Å². The summed E-state index contributed by atoms with van der Waals surface area (Å²) in [7, 11) is 1.52. The summed E-state index contributed by atoms with van der Waals surface area (Å²) in [5.41, 5.74) is 0.881. The molecule has 0 bridgehead atoms. The van der Waals surface area contributed by atoms with E-state index in [1.165, 1.54) is 7.11 Å². The highest BCUT2D eigenvalue weighted by molar-refractivity contribution is 5.43. The van der Waals surface area contributed by atoms with E-state index in [1.54, 1.807) is 18.2 Å². The molecular weight excluding hydrogens is 240 g/mol. The van der Waals surface area contributed by atoms with E-state index in [2.05, 4.69) is 17.9 Å². The van der Waals surface area contributed by atoms with Crippen molar-refractivity contribution in [1.82, 2.24) is 4.90 Å². The van der Waals surface area contributed by atoms with Crippen LogP contribution in [0.5, 0.6) is 11.5 Å². The molecule has 4 nitrogen and oxygen atoms in total. The van der Waals surface area contributed by atoms with Gasteiger partial charge >= 0.3 is 0 Å². The molecule has 1 aliphatic heterocycles. The summed E-state index contributed by atoms with van der Waals surface area (Å²) in [4.78, 5) is 2.20. The number of phenols is 1. The first kappa shape index (κ1) is 13.7. The Morgan fingerprint density at radius 3 is 2.68 bits per heavy atom. The maximum Gasteiger partial charge on any atom is 0.160 e. The number of nitriles is 1. The lowest BCUT2D eigenvalue weighted by Gasteiger charge is -2.33. The van der Waals surface area contributed by atoms with Crippen LogP contribution in [-0.4, -0.2) is 30.2 Å². The van der Waals surface area contributed by atoms with Gasteiger partial charge in [-0.15, -0.1) is 0 Å². The van der Waals surface area contributed by atoms with E-state index in [0.717, 1.165) is 37.4 Å². The average molecular weight is 260 g/mol. The van der Waals surface area contributed by atoms with Crippen molar-refractivity contribution in [2.45, 2.75) is 25.8 Å². The highest BCUT2D eigenvalue weighted by Crippen LogP contribution is 2.32. The highest BCUT2D eigenvalue weighted by Gasteiger charge is 2.25. The fraction of sp³-hybridized carbons (Fsp3) is 0.533. The van der Waals surface area contributed by atoms with Gasteiger partial charge in [0.05, 0.1) is 13.2 Å². The smallest absolute Gasteiger partial charge is 0.160 e. The van der Waals surface area contributed by atoms with Crippen LogP contribution in [0.15, 0.2) is 18.2 Å². The Balaban J connectivity index is 2.20. The first-order valence-electron chi connectivity index (χ1n) is 6.66. The van der Waals surface area contributed by atoms with Crippen LogP contribution < -0.4 is 4.74 Å². The molecule has 1 N–H and O–H groups in total. The lowest BCUT2D eigenvalue weighted by molar-refractivity contribution is 0.164. The third kappa shape index (κ3) is 2.99. The predicted octanol–water partition coefficient (Wildman–Crippen LogP) is 2.70. The van der Waals surface area contributed by atoms with Crippen molar-refractivity contribution in [3.63, 3.8) is 0 Å². The number of ether oxygens (including phenoxy) is 1. The van der Waals surface area contributed by atoms with Gasteiger partial charge in [0.25, 0.3) is 0 Å². The van der Waals surface area contributed by atoms with Crippen LogP contribution in [0.25, 0.3) is 0 Å². The number of phenolic OH excluding ortho intramolecular Hbond substituents is 1. The Labute approximate surface area is 114 Å². The molecule has 0 spiro atoms. The van der Waals surface area contributed by atoms with Crippen LogP contribution in [0.1, 0.15) is 31.4 Å². The summed E-state index contributed by atoms with van der Waals surface area (Å²) in [6.07, 6.45) is 2.26. The largest absolute Gasteiger partial charge is 0.504 e. The molecule has 0 radical (unpaired) electrons. The molecule has 0 amide bonds. The fourth-order valence-electron chi connectivity index (χ4n) is 2.52. The number of methoxy groups -OCH3 is 1. The number of likely N-dealkylation sites (tertiary alicyclic amines) is 1. The number of hydrogen-bond acceptors (Lipinski definition) is 4. The highest BCUT2D eigenvalue weighted by atomic mass is 16.5. The van der Waals surface area contributed by atoms with Crippen LogP contribution in [0, 0.1) is 17.2 Å². The van der Waals surface area contributed by atoms with E-state index in [-0.39, 0.29) is 11.8 Å². The maximum atomic E-state index is 9.61. The van der Waals surface area contributed by atoms with Gasteiger partial charge in [-0.1, -0.05) is 13.0 Å². The number of benzene rings is 1. The molecule has 1 aliphatic rings. The topological polar surface area (TPSA) is 56.5 Å². The molecule has 1 aromatic carbocycles. The summed E-state index contributed by atoms with van der Waals surface area (Å²) < 4.78 is 5.11. The van der Waals surface area contributed by atoms with Crippen molar-refractivity contribution in [3.05, 3.63) is 23.8 Å². The first-order chi connectivity index (χ1) is 9.15. The molecule has 0 aromatic heterocycles. The second kappa shape index (κ2) is 5.94. The van der Waals surface area contributed by atoms with E-state index in [9.17, 15) is 10.4 Å². The first-order valence-corrected chi connectivity index (χ1v) is 6.66. The molecule has 2 rings (SSSR count). The van der Waals surface area contributed by atoms with Gasteiger partial charge in [-0.3, -0.25) is 4.90 Å². The van der Waals surface area contributed by atoms with Crippen molar-refractivity contribution in [2.24, 2.45) is 5.92 Å². The normalized spacial score (nSPS) is 18.8. The van der Waals surface area contributed by atoms with Crippen LogP contribution in [0.4, 0.5) is 0 Å². The summed E-state index contributed by atoms with van der Waals surface area (Å²) in [5.74, 6) is 1.27. The van der Waals surface area contributed by atoms with Crippen LogP contribution in [0.2, 0.25) is 0 Å². The molecular formula is C15H20N2O2. The zero-order valence-electron chi connectivity index (χ0n) is 11.5. The number of nitrogens with zero attached hydrogens (tertiary/aromatic N) is 2. The van der Waals surface area contributed by atoms with Gasteiger partial charge in [0.1, 0.15) is 6.04 Å². The van der Waals surface area contributed by atoms with Crippen LogP contribution in [0.3, 0.4) is 0 Å². The third-order valence-corrected chi connectivity index (χ3v) is 3.83. The molecule has 1 aromatic rings. The van der Waals surface area contributed by atoms with Gasteiger partial charge in [-0.25, -0.2) is 0 Å². The second-order valence-electron chi connectivity index (χ2n) is 5.18. The Bertz CT molecular complexity index is 474. The van der Waals surface area contributed by atoms with Crippen molar-refractivity contribution in [3.8, 4) is 17.6 Å². The SMILES string of the molecule is COc1cc(C(C#N)N2CCC(C)CC2)ccc1O. The van der Waals surface area contributed by atoms with Gasteiger partial charge in [0.2, 0.25) is 0 Å². The Hall–Kier alpha value is -1.73. The molecule has 1 fully saturated rings. The lowest BCUT2D eigenvalue weighted by atomic mass is 9.96. The van der Waals surface area contributed by atoms with Crippen molar-refractivity contribution in [1.29, 1.82) is 5.26 Å². The molecule has 102 valence electrons. The number of hydrogen-bond donors (Lipinski definition) is 1. The maximum absolute atomic E-state index is 9.61. The van der Waals surface area contributed by atoms with Gasteiger partial charge < -0.3 is 9.84 Å². The molecule has 1 unspecified atom stereocenters. The Kier molecular flexibility index (Phi) is 4.28. The minimum Gasteiger partial charge on any atom is -0.504 e. The summed E-state index contributed by atoms with van der Waals surface area (Å²) in [6.45, 7) is 4.15. The average Bonchev–Trinajstić information content (AvgIpc) is 2.43. The zero-order chi connectivity index (χ0) is 13.8. The number of aromatic hydroxyl groups is 1. The minimum atomic E-state index is -0.262. The van der Waals surface area contributed by atoms with E-state index in [1.807, 2.05) is 0 Å². The lowest BCUT2D eigenvalue weighted by Crippen LogP contribution is -2.35. The van der Waals surface area contributed by atoms with E-state index in [0.29, 0.717) is 5.75 Å². The standard InChI is InChI=1S/C15H20N2O2/c1-11-5-7-17(8-6-11)13(10-16)12-3-4-14(18)15(9-12)19-2/h3-4,9,11,13,18H,5-8H2,1-2H3. The summed E-state index contributed by atoms with van der Waals surface area (Å²) in [5, 5.41) is 19.0. The molecule has 0 aliphatic carbocycles. The molecule has 19 heavy (non-hydrogen) atoms. The van der Waals surface area contributed by atoms with E-state index in [4.69, 9.17) is 4.74 Å². The van der Waals surface area contributed by atoms with Crippen LogP contribution >= 0.6 is 0 Å². The fourth-order valence-corrected chi connectivity index (χ4v) is 2.52. The molecule has 1 saturated heterocycles. The Morgan fingerprint density at radius 1 is 1.42 bits per heavy atom. The molecule has 1 atom stereocenters. The second-order valence-corrected chi connectivity index (χ2v) is 5.18. The summed E-state index contributed by atoms with van der Waals surface area (Å²) in [6, 6.07) is 7.24. The Morgan fingerprint density at radius 2 is 2.11 bits per heavy atom.